The molecule has 0 aliphatic heterocycles. The fourth-order valence-electron chi connectivity index (χ4n) is 6.47. The molecule has 3 aliphatic rings. The Bertz CT molecular complexity index is 932. The number of hydrogen-bond acceptors (Lipinski definition) is 8. The number of Topliss-reactive ketones (excluding diaryl/α,β-unsaturated/α-hetero) is 2. The summed E-state index contributed by atoms with van der Waals surface area (Å²) >= 11 is 0. The molecule has 0 amide bonds. The maximum atomic E-state index is 13.7. The Hall–Kier alpha value is -2.32. The van der Waals surface area contributed by atoms with Crippen LogP contribution in [0, 0.1) is 28.1 Å². The van der Waals surface area contributed by atoms with Crippen molar-refractivity contribution in [2.24, 2.45) is 28.1 Å². The molecule has 32 heavy (non-hydrogen) atoms. The maximum absolute atomic E-state index is 13.7. The maximum Gasteiger partial charge on any atom is 0.308 e. The Kier molecular flexibility index (Phi) is 5.59. The summed E-state index contributed by atoms with van der Waals surface area (Å²) < 4.78 is 10.7. The third-order valence-electron chi connectivity index (χ3n) is 7.87. The molecule has 176 valence electrons. The van der Waals surface area contributed by atoms with Crippen LogP contribution in [0.1, 0.15) is 54.4 Å². The van der Waals surface area contributed by atoms with Crippen molar-refractivity contribution in [1.29, 1.82) is 0 Å². The van der Waals surface area contributed by atoms with E-state index in [1.807, 2.05) is 0 Å². The van der Waals surface area contributed by atoms with E-state index in [4.69, 9.17) is 9.47 Å². The minimum Gasteiger partial charge on any atom is -0.459 e. The van der Waals surface area contributed by atoms with Crippen molar-refractivity contribution in [2.75, 3.05) is 0 Å². The highest BCUT2D eigenvalue weighted by atomic mass is 16.6. The van der Waals surface area contributed by atoms with Gasteiger partial charge in [-0.05, 0) is 31.8 Å². The Morgan fingerprint density at radius 3 is 2.25 bits per heavy atom. The van der Waals surface area contributed by atoms with Crippen LogP contribution < -0.4 is 0 Å². The zero-order chi connectivity index (χ0) is 24.4. The summed E-state index contributed by atoms with van der Waals surface area (Å²) in [7, 11) is 0. The molecule has 0 unspecified atom stereocenters. The lowest BCUT2D eigenvalue weighted by atomic mass is 9.41. The number of carbonyl (C=O) groups excluding carboxylic acids is 4. The van der Waals surface area contributed by atoms with Gasteiger partial charge in [0.1, 0.15) is 6.10 Å². The number of rotatable bonds is 3. The molecule has 2 fully saturated rings. The van der Waals surface area contributed by atoms with Gasteiger partial charge in [0.25, 0.3) is 0 Å². The monoisotopic (exact) mass is 448 g/mol. The van der Waals surface area contributed by atoms with Crippen LogP contribution in [0.15, 0.2) is 24.5 Å². The summed E-state index contributed by atoms with van der Waals surface area (Å²) in [5, 5.41) is 23.2. The van der Waals surface area contributed by atoms with Gasteiger partial charge in [-0.1, -0.05) is 26.8 Å². The van der Waals surface area contributed by atoms with Crippen molar-refractivity contribution in [1.82, 2.24) is 0 Å². The van der Waals surface area contributed by atoms with Gasteiger partial charge in [0.05, 0.1) is 6.10 Å². The minimum absolute atomic E-state index is 0.00251. The van der Waals surface area contributed by atoms with Gasteiger partial charge < -0.3 is 19.7 Å². The van der Waals surface area contributed by atoms with Gasteiger partial charge in [-0.2, -0.15) is 0 Å². The van der Waals surface area contributed by atoms with Gasteiger partial charge in [0, 0.05) is 36.0 Å². The van der Waals surface area contributed by atoms with Crippen molar-refractivity contribution in [3.8, 4) is 0 Å². The molecule has 2 N–H and O–H groups in total. The SMILES string of the molecule is C=C[C@]1(C)C[C@H](O)[C@H]2[C@]3(C)C=C(OC(C)=O)C(=O)C(C)(C)[C@H]3C[C@H](OC(C)=O)[C@]2(O)C1=O. The molecule has 3 aliphatic carbocycles. The molecule has 0 aromatic rings. The molecule has 3 rings (SSSR count). The molecule has 0 heterocycles. The first-order chi connectivity index (χ1) is 14.6. The van der Waals surface area contributed by atoms with E-state index in [1.165, 1.54) is 26.0 Å². The van der Waals surface area contributed by atoms with E-state index >= 15 is 0 Å². The standard InChI is InChI=1S/C24H32O8/c1-8-22(6)10-14(27)18-23(7)11-15(31-12(2)25)19(28)21(4,5)16(23)9-17(32-13(3)26)24(18,30)20(22)29/h8,11,14,16-18,27,30H,1,9-10H2,2-7H3/t14-,16+,17-,18-,22+,23+,24+/m0/s1. The molecule has 8 heteroatoms. The van der Waals surface area contributed by atoms with E-state index in [9.17, 15) is 29.4 Å². The van der Waals surface area contributed by atoms with Gasteiger partial charge in [-0.3, -0.25) is 19.2 Å². The van der Waals surface area contributed by atoms with Gasteiger partial charge in [0.2, 0.25) is 5.78 Å². The lowest BCUT2D eigenvalue weighted by Gasteiger charge is -2.64. The summed E-state index contributed by atoms with van der Waals surface area (Å²) in [6, 6.07) is 0. The zero-order valence-electron chi connectivity index (χ0n) is 19.4. The molecule has 0 saturated heterocycles. The van der Waals surface area contributed by atoms with Crippen LogP contribution in [0.5, 0.6) is 0 Å². The first kappa shape index (κ1) is 24.3. The second-order valence-corrected chi connectivity index (χ2v) is 10.4. The number of aliphatic hydroxyl groups excluding tert-OH is 1. The normalized spacial score (nSPS) is 42.8. The molecule has 0 aromatic carbocycles. The minimum atomic E-state index is -2.23. The summed E-state index contributed by atoms with van der Waals surface area (Å²) in [4.78, 5) is 50.4. The van der Waals surface area contributed by atoms with E-state index < -0.39 is 69.4 Å². The quantitative estimate of drug-likeness (QED) is 0.495. The fourth-order valence-corrected chi connectivity index (χ4v) is 6.47. The number of allylic oxidation sites excluding steroid dienone is 3. The van der Waals surface area contributed by atoms with Crippen LogP contribution in [0.4, 0.5) is 0 Å². The molecule has 0 spiro atoms. The van der Waals surface area contributed by atoms with Crippen molar-refractivity contribution in [3.05, 3.63) is 24.5 Å². The number of fused-ring (bicyclic) bond motifs is 3. The third kappa shape index (κ3) is 3.18. The van der Waals surface area contributed by atoms with Crippen LogP contribution in [-0.2, 0) is 28.7 Å². The number of ketones is 2. The Morgan fingerprint density at radius 1 is 1.16 bits per heavy atom. The van der Waals surface area contributed by atoms with Gasteiger partial charge in [-0.15, -0.1) is 6.58 Å². The van der Waals surface area contributed by atoms with Crippen molar-refractivity contribution < 1.29 is 38.9 Å². The van der Waals surface area contributed by atoms with Crippen LogP contribution in [0.2, 0.25) is 0 Å². The second-order valence-electron chi connectivity index (χ2n) is 10.4. The molecular weight excluding hydrogens is 416 g/mol. The highest BCUT2D eigenvalue weighted by molar-refractivity contribution is 6.01. The van der Waals surface area contributed by atoms with Crippen LogP contribution in [0.3, 0.4) is 0 Å². The highest BCUT2D eigenvalue weighted by Gasteiger charge is 2.73. The van der Waals surface area contributed by atoms with Crippen LogP contribution in [-0.4, -0.2) is 51.5 Å². The average Bonchev–Trinajstić information content (AvgIpc) is 2.65. The van der Waals surface area contributed by atoms with Gasteiger partial charge >= 0.3 is 11.9 Å². The molecule has 2 saturated carbocycles. The summed E-state index contributed by atoms with van der Waals surface area (Å²) in [5.41, 5.74) is -5.68. The van der Waals surface area contributed by atoms with E-state index in [2.05, 4.69) is 6.58 Å². The number of aliphatic hydroxyl groups is 2. The second kappa shape index (κ2) is 7.35. The Morgan fingerprint density at radius 2 is 1.75 bits per heavy atom. The lowest BCUT2D eigenvalue weighted by molar-refractivity contribution is -0.248. The van der Waals surface area contributed by atoms with Gasteiger partial charge in [-0.25, -0.2) is 0 Å². The van der Waals surface area contributed by atoms with E-state index in [0.29, 0.717) is 0 Å². The summed E-state index contributed by atoms with van der Waals surface area (Å²) in [6.45, 7) is 12.8. The van der Waals surface area contributed by atoms with Crippen molar-refractivity contribution in [3.63, 3.8) is 0 Å². The molecule has 0 bridgehead atoms. The summed E-state index contributed by atoms with van der Waals surface area (Å²) in [5.74, 6) is -4.18. The van der Waals surface area contributed by atoms with Gasteiger partial charge in [0.15, 0.2) is 17.1 Å². The van der Waals surface area contributed by atoms with Crippen LogP contribution >= 0.6 is 0 Å². The number of hydrogen-bond donors (Lipinski definition) is 2. The first-order valence-corrected chi connectivity index (χ1v) is 10.8. The summed E-state index contributed by atoms with van der Waals surface area (Å²) in [6.07, 6.45) is 0.408. The van der Waals surface area contributed by atoms with Crippen LogP contribution in [0.25, 0.3) is 0 Å². The number of esters is 2. The number of carbonyl (C=O) groups is 4. The Balaban J connectivity index is 2.30. The third-order valence-corrected chi connectivity index (χ3v) is 7.87. The van der Waals surface area contributed by atoms with E-state index in [0.717, 1.165) is 0 Å². The van der Waals surface area contributed by atoms with Crippen molar-refractivity contribution >= 4 is 23.5 Å². The van der Waals surface area contributed by atoms with E-state index in [1.54, 1.807) is 27.7 Å². The lowest BCUT2D eigenvalue weighted by Crippen LogP contribution is -2.75. The molecular formula is C24H32O8. The molecule has 0 radical (unpaired) electrons. The largest absolute Gasteiger partial charge is 0.459 e. The molecule has 0 aromatic heterocycles. The predicted octanol–water partition coefficient (Wildman–Crippen LogP) is 1.87. The molecule has 8 nitrogen and oxygen atoms in total. The average molecular weight is 449 g/mol. The first-order valence-electron chi connectivity index (χ1n) is 10.8. The molecule has 7 atom stereocenters. The topological polar surface area (TPSA) is 127 Å². The fraction of sp³-hybridized carbons (Fsp3) is 0.667. The number of ether oxygens (including phenoxy) is 2. The highest BCUT2D eigenvalue weighted by Crippen LogP contribution is 2.64. The zero-order valence-corrected chi connectivity index (χ0v) is 19.4. The predicted molar refractivity (Wildman–Crippen MR) is 113 cm³/mol. The van der Waals surface area contributed by atoms with Crippen molar-refractivity contribution in [2.45, 2.75) is 72.2 Å². The van der Waals surface area contributed by atoms with E-state index in [-0.39, 0.29) is 18.6 Å². The Labute approximate surface area is 187 Å². The smallest absolute Gasteiger partial charge is 0.308 e.